The smallest absolute Gasteiger partial charge is 0.0667 e. The molecule has 2 rings (SSSR count). The van der Waals surface area contributed by atoms with E-state index in [1.807, 2.05) is 25.1 Å². The predicted molar refractivity (Wildman–Crippen MR) is 63.1 cm³/mol. The van der Waals surface area contributed by atoms with Gasteiger partial charge < -0.3 is 15.8 Å². The summed E-state index contributed by atoms with van der Waals surface area (Å²) in [5, 5.41) is 3.44. The van der Waals surface area contributed by atoms with Gasteiger partial charge in [-0.05, 0) is 31.4 Å². The first-order chi connectivity index (χ1) is 7.27. The summed E-state index contributed by atoms with van der Waals surface area (Å²) in [6.07, 6.45) is 2.29. The Morgan fingerprint density at radius 2 is 2.33 bits per heavy atom. The van der Waals surface area contributed by atoms with Crippen LogP contribution < -0.4 is 11.1 Å². The van der Waals surface area contributed by atoms with Crippen molar-refractivity contribution in [2.24, 2.45) is 0 Å². The number of aryl methyl sites for hydroxylation is 1. The summed E-state index contributed by atoms with van der Waals surface area (Å²) in [5.41, 5.74) is 9.00. The molecule has 3 N–H and O–H groups in total. The number of nitrogen functional groups attached to an aromatic ring is 1. The first-order valence-electron chi connectivity index (χ1n) is 5.47. The van der Waals surface area contributed by atoms with Crippen LogP contribution in [0.5, 0.6) is 0 Å². The minimum atomic E-state index is 0.405. The van der Waals surface area contributed by atoms with Crippen LogP contribution in [0, 0.1) is 6.92 Å². The Morgan fingerprint density at radius 3 is 3.07 bits per heavy atom. The van der Waals surface area contributed by atoms with Crippen LogP contribution in [-0.2, 0) is 4.74 Å². The van der Waals surface area contributed by atoms with E-state index in [9.17, 15) is 0 Å². The fraction of sp³-hybridized carbons (Fsp3) is 0.500. The molecule has 1 unspecified atom stereocenters. The molecule has 1 heterocycles. The third-order valence-corrected chi connectivity index (χ3v) is 2.84. The van der Waals surface area contributed by atoms with Crippen molar-refractivity contribution in [2.45, 2.75) is 25.8 Å². The van der Waals surface area contributed by atoms with Crippen molar-refractivity contribution >= 4 is 11.4 Å². The molecule has 1 aliphatic heterocycles. The van der Waals surface area contributed by atoms with Gasteiger partial charge in [0.05, 0.1) is 18.0 Å². The lowest BCUT2D eigenvalue weighted by Gasteiger charge is -2.25. The molecule has 0 amide bonds. The maximum absolute atomic E-state index is 6.00. The number of ether oxygens (including phenoxy) is 1. The number of benzene rings is 1. The fourth-order valence-electron chi connectivity index (χ4n) is 1.88. The lowest BCUT2D eigenvalue weighted by atomic mass is 10.1. The number of nitrogens with two attached hydrogens (primary N) is 1. The number of rotatable bonds is 2. The molecule has 0 radical (unpaired) electrons. The quantitative estimate of drug-likeness (QED) is 0.729. The highest BCUT2D eigenvalue weighted by molar-refractivity contribution is 5.69. The van der Waals surface area contributed by atoms with Gasteiger partial charge in [-0.25, -0.2) is 0 Å². The van der Waals surface area contributed by atoms with E-state index in [1.54, 1.807) is 0 Å². The Bertz CT molecular complexity index is 332. The average molecular weight is 206 g/mol. The van der Waals surface area contributed by atoms with E-state index in [1.165, 1.54) is 0 Å². The van der Waals surface area contributed by atoms with Crippen molar-refractivity contribution in [2.75, 3.05) is 24.3 Å². The molecule has 1 aliphatic rings. The van der Waals surface area contributed by atoms with E-state index in [4.69, 9.17) is 10.5 Å². The van der Waals surface area contributed by atoms with Crippen LogP contribution in [0.25, 0.3) is 0 Å². The van der Waals surface area contributed by atoms with Gasteiger partial charge in [-0.1, -0.05) is 12.1 Å². The molecule has 15 heavy (non-hydrogen) atoms. The first kappa shape index (κ1) is 10.3. The second-order valence-corrected chi connectivity index (χ2v) is 4.09. The second kappa shape index (κ2) is 4.53. The van der Waals surface area contributed by atoms with Crippen LogP contribution in [0.15, 0.2) is 18.2 Å². The van der Waals surface area contributed by atoms with Crippen molar-refractivity contribution in [3.63, 3.8) is 0 Å². The number of hydrogen-bond donors (Lipinski definition) is 2. The lowest BCUT2D eigenvalue weighted by Crippen LogP contribution is -2.30. The molecule has 0 bridgehead atoms. The molecular formula is C12H18N2O. The second-order valence-electron chi connectivity index (χ2n) is 4.09. The molecular weight excluding hydrogens is 188 g/mol. The van der Waals surface area contributed by atoms with Gasteiger partial charge in [0, 0.05) is 12.6 Å². The molecule has 1 atom stereocenters. The van der Waals surface area contributed by atoms with E-state index in [0.29, 0.717) is 6.04 Å². The maximum Gasteiger partial charge on any atom is 0.0667 e. The molecule has 0 saturated carbocycles. The van der Waals surface area contributed by atoms with Crippen molar-refractivity contribution in [1.29, 1.82) is 0 Å². The summed E-state index contributed by atoms with van der Waals surface area (Å²) in [4.78, 5) is 0. The molecule has 0 spiro atoms. The van der Waals surface area contributed by atoms with Crippen LogP contribution in [-0.4, -0.2) is 19.3 Å². The zero-order valence-electron chi connectivity index (χ0n) is 9.12. The van der Waals surface area contributed by atoms with Gasteiger partial charge >= 0.3 is 0 Å². The summed E-state index contributed by atoms with van der Waals surface area (Å²) in [5.74, 6) is 0. The monoisotopic (exact) mass is 206 g/mol. The van der Waals surface area contributed by atoms with Crippen molar-refractivity contribution in [3.8, 4) is 0 Å². The van der Waals surface area contributed by atoms with Crippen molar-refractivity contribution < 1.29 is 4.74 Å². The topological polar surface area (TPSA) is 47.3 Å². The Morgan fingerprint density at radius 1 is 1.47 bits per heavy atom. The molecule has 82 valence electrons. The Labute approximate surface area is 90.6 Å². The molecule has 1 aromatic rings. The van der Waals surface area contributed by atoms with Gasteiger partial charge in [0.1, 0.15) is 0 Å². The van der Waals surface area contributed by atoms with E-state index in [0.717, 1.165) is 43.0 Å². The standard InChI is InChI=1S/C12H18N2O/c1-9-4-2-6-11(12(9)13)14-10-5-3-7-15-8-10/h2,4,6,10,14H,3,5,7-8,13H2,1H3. The summed E-state index contributed by atoms with van der Waals surface area (Å²) >= 11 is 0. The van der Waals surface area contributed by atoms with Crippen LogP contribution in [0.1, 0.15) is 18.4 Å². The molecule has 0 aromatic heterocycles. The molecule has 3 nitrogen and oxygen atoms in total. The molecule has 1 aromatic carbocycles. The van der Waals surface area contributed by atoms with E-state index >= 15 is 0 Å². The summed E-state index contributed by atoms with van der Waals surface area (Å²) in [7, 11) is 0. The molecule has 1 saturated heterocycles. The maximum atomic E-state index is 6.00. The number of hydrogen-bond acceptors (Lipinski definition) is 3. The van der Waals surface area contributed by atoms with Crippen molar-refractivity contribution in [1.82, 2.24) is 0 Å². The van der Waals surface area contributed by atoms with Gasteiger partial charge in [-0.15, -0.1) is 0 Å². The van der Waals surface area contributed by atoms with Crippen LogP contribution in [0.3, 0.4) is 0 Å². The minimum absolute atomic E-state index is 0.405. The highest BCUT2D eigenvalue weighted by Gasteiger charge is 2.14. The highest BCUT2D eigenvalue weighted by atomic mass is 16.5. The summed E-state index contributed by atoms with van der Waals surface area (Å²) in [6.45, 7) is 3.70. The predicted octanol–water partition coefficient (Wildman–Crippen LogP) is 2.17. The van der Waals surface area contributed by atoms with Gasteiger partial charge in [-0.2, -0.15) is 0 Å². The van der Waals surface area contributed by atoms with E-state index in [-0.39, 0.29) is 0 Å². The Kier molecular flexibility index (Phi) is 3.11. The zero-order chi connectivity index (χ0) is 10.7. The Balaban J connectivity index is 2.06. The van der Waals surface area contributed by atoms with E-state index < -0.39 is 0 Å². The SMILES string of the molecule is Cc1cccc(NC2CCCOC2)c1N. The number of nitrogens with one attached hydrogen (secondary N) is 1. The first-order valence-corrected chi connectivity index (χ1v) is 5.47. The van der Waals surface area contributed by atoms with Crippen LogP contribution in [0.2, 0.25) is 0 Å². The lowest BCUT2D eigenvalue weighted by molar-refractivity contribution is 0.0876. The largest absolute Gasteiger partial charge is 0.397 e. The summed E-state index contributed by atoms with van der Waals surface area (Å²) in [6, 6.07) is 6.48. The van der Waals surface area contributed by atoms with Gasteiger partial charge in [0.2, 0.25) is 0 Å². The Hall–Kier alpha value is -1.22. The summed E-state index contributed by atoms with van der Waals surface area (Å²) < 4.78 is 5.42. The van der Waals surface area contributed by atoms with Crippen LogP contribution in [0.4, 0.5) is 11.4 Å². The molecule has 0 aliphatic carbocycles. The van der Waals surface area contributed by atoms with Crippen LogP contribution >= 0.6 is 0 Å². The number of para-hydroxylation sites is 1. The van der Waals surface area contributed by atoms with E-state index in [2.05, 4.69) is 5.32 Å². The normalized spacial score (nSPS) is 21.3. The third-order valence-electron chi connectivity index (χ3n) is 2.84. The zero-order valence-corrected chi connectivity index (χ0v) is 9.12. The van der Waals surface area contributed by atoms with Crippen molar-refractivity contribution in [3.05, 3.63) is 23.8 Å². The van der Waals surface area contributed by atoms with Gasteiger partial charge in [0.25, 0.3) is 0 Å². The van der Waals surface area contributed by atoms with Gasteiger partial charge in [-0.3, -0.25) is 0 Å². The molecule has 3 heteroatoms. The average Bonchev–Trinajstić information content (AvgIpc) is 2.26. The minimum Gasteiger partial charge on any atom is -0.397 e. The third kappa shape index (κ3) is 2.42. The highest BCUT2D eigenvalue weighted by Crippen LogP contribution is 2.23. The molecule has 1 fully saturated rings. The fourth-order valence-corrected chi connectivity index (χ4v) is 1.88. The number of anilines is 2. The van der Waals surface area contributed by atoms with Gasteiger partial charge in [0.15, 0.2) is 0 Å².